The van der Waals surface area contributed by atoms with Gasteiger partial charge in [0.15, 0.2) is 5.79 Å². The Labute approximate surface area is 148 Å². The molecule has 0 unspecified atom stereocenters. The fourth-order valence-electron chi connectivity index (χ4n) is 3.14. The molecule has 1 aromatic heterocycles. The van der Waals surface area contributed by atoms with E-state index in [4.69, 9.17) is 9.47 Å². The average Bonchev–Trinajstić information content (AvgIpc) is 3.04. The second kappa shape index (κ2) is 7.76. The zero-order valence-corrected chi connectivity index (χ0v) is 14.7. The number of aromatic nitrogens is 1. The summed E-state index contributed by atoms with van der Waals surface area (Å²) >= 11 is 0. The third-order valence-electron chi connectivity index (χ3n) is 4.34. The van der Waals surface area contributed by atoms with Gasteiger partial charge >= 0.3 is 0 Å². The first kappa shape index (κ1) is 17.6. The number of para-hydroxylation sites is 1. The smallest absolute Gasteiger partial charge is 0.244 e. The van der Waals surface area contributed by atoms with Gasteiger partial charge in [-0.1, -0.05) is 25.1 Å². The highest BCUT2D eigenvalue weighted by molar-refractivity contribution is 5.95. The summed E-state index contributed by atoms with van der Waals surface area (Å²) in [5.41, 5.74) is 1.90. The Morgan fingerprint density at radius 3 is 2.88 bits per heavy atom. The lowest BCUT2D eigenvalue weighted by Gasteiger charge is -2.25. The monoisotopic (exact) mass is 340 g/mol. The predicted octanol–water partition coefficient (Wildman–Crippen LogP) is 3.15. The van der Waals surface area contributed by atoms with Gasteiger partial charge in [-0.05, 0) is 36.6 Å². The van der Waals surface area contributed by atoms with E-state index in [2.05, 4.69) is 17.2 Å². The van der Waals surface area contributed by atoms with Crippen LogP contribution in [0.25, 0.3) is 17.0 Å². The molecule has 0 saturated carbocycles. The normalized spacial score (nSPS) is 17.8. The van der Waals surface area contributed by atoms with E-state index in [0.29, 0.717) is 19.8 Å². The van der Waals surface area contributed by atoms with E-state index in [1.165, 1.54) is 0 Å². The number of ether oxygens (including phenoxy) is 2. The molecule has 0 spiro atoms. The van der Waals surface area contributed by atoms with E-state index < -0.39 is 5.79 Å². The molecule has 132 valence electrons. The van der Waals surface area contributed by atoms with Crippen molar-refractivity contribution < 1.29 is 14.3 Å². The van der Waals surface area contributed by atoms with Crippen molar-refractivity contribution in [1.82, 2.24) is 10.3 Å². The quantitative estimate of drug-likeness (QED) is 0.821. The fourth-order valence-corrected chi connectivity index (χ4v) is 3.14. The van der Waals surface area contributed by atoms with Gasteiger partial charge in [-0.2, -0.15) is 0 Å². The lowest BCUT2D eigenvalue weighted by molar-refractivity contribution is -0.154. The van der Waals surface area contributed by atoms with Crippen LogP contribution in [0.4, 0.5) is 0 Å². The van der Waals surface area contributed by atoms with E-state index >= 15 is 0 Å². The van der Waals surface area contributed by atoms with Crippen molar-refractivity contribution in [3.8, 4) is 0 Å². The summed E-state index contributed by atoms with van der Waals surface area (Å²) in [6, 6.07) is 9.79. The number of nitrogens with one attached hydrogen (secondary N) is 1. The minimum absolute atomic E-state index is 0.105. The number of pyridine rings is 1. The maximum absolute atomic E-state index is 12.1. The first-order valence-corrected chi connectivity index (χ1v) is 8.63. The van der Waals surface area contributed by atoms with Crippen LogP contribution in [0, 0.1) is 5.92 Å². The molecule has 1 N–H and O–H groups in total. The molecule has 1 fully saturated rings. The topological polar surface area (TPSA) is 60.5 Å². The van der Waals surface area contributed by atoms with Crippen molar-refractivity contribution in [3.05, 3.63) is 48.2 Å². The highest BCUT2D eigenvalue weighted by Crippen LogP contribution is 2.26. The Morgan fingerprint density at radius 1 is 1.32 bits per heavy atom. The molecule has 2 heterocycles. The van der Waals surface area contributed by atoms with E-state index in [1.54, 1.807) is 12.3 Å². The fraction of sp³-hybridized carbons (Fsp3) is 0.400. The Hall–Kier alpha value is -2.24. The van der Waals surface area contributed by atoms with Crippen molar-refractivity contribution in [3.63, 3.8) is 0 Å². The molecule has 1 amide bonds. The molecular formula is C20H24N2O3. The Balaban J connectivity index is 1.54. The van der Waals surface area contributed by atoms with Crippen LogP contribution in [0.15, 0.2) is 42.6 Å². The zero-order chi connectivity index (χ0) is 17.7. The molecule has 1 aliphatic rings. The number of amides is 1. The second-order valence-corrected chi connectivity index (χ2v) is 6.64. The van der Waals surface area contributed by atoms with Crippen molar-refractivity contribution in [2.24, 2.45) is 5.92 Å². The minimum atomic E-state index is -0.518. The number of hydrogen-bond donors (Lipinski definition) is 1. The summed E-state index contributed by atoms with van der Waals surface area (Å²) in [7, 11) is 0. The van der Waals surface area contributed by atoms with E-state index in [1.807, 2.05) is 43.3 Å². The molecule has 2 aromatic rings. The number of benzene rings is 1. The lowest BCUT2D eigenvalue weighted by Crippen LogP contribution is -2.33. The molecule has 0 aliphatic carbocycles. The Morgan fingerprint density at radius 2 is 2.08 bits per heavy atom. The largest absolute Gasteiger partial charge is 0.352 e. The Bertz CT molecular complexity index is 761. The highest BCUT2D eigenvalue weighted by Gasteiger charge is 2.32. The lowest BCUT2D eigenvalue weighted by atomic mass is 10.0. The van der Waals surface area contributed by atoms with Crippen LogP contribution in [0.5, 0.6) is 0 Å². The third kappa shape index (κ3) is 4.65. The molecule has 1 aromatic carbocycles. The molecule has 5 heteroatoms. The third-order valence-corrected chi connectivity index (χ3v) is 4.34. The van der Waals surface area contributed by atoms with E-state index in [9.17, 15) is 4.79 Å². The Kier molecular flexibility index (Phi) is 5.46. The van der Waals surface area contributed by atoms with Crippen molar-refractivity contribution in [1.29, 1.82) is 0 Å². The van der Waals surface area contributed by atoms with Gasteiger partial charge in [0.25, 0.3) is 0 Å². The summed E-state index contributed by atoms with van der Waals surface area (Å²) in [6.07, 6.45) is 5.91. The van der Waals surface area contributed by atoms with Gasteiger partial charge in [0, 0.05) is 30.6 Å². The van der Waals surface area contributed by atoms with Crippen LogP contribution >= 0.6 is 0 Å². The van der Waals surface area contributed by atoms with Crippen LogP contribution < -0.4 is 5.32 Å². The van der Waals surface area contributed by atoms with Gasteiger partial charge in [0.05, 0.1) is 18.7 Å². The zero-order valence-electron chi connectivity index (χ0n) is 14.7. The molecule has 1 aliphatic heterocycles. The van der Waals surface area contributed by atoms with Gasteiger partial charge in [0.1, 0.15) is 0 Å². The first-order valence-electron chi connectivity index (χ1n) is 8.63. The van der Waals surface area contributed by atoms with Crippen LogP contribution in [0.2, 0.25) is 0 Å². The van der Waals surface area contributed by atoms with Gasteiger partial charge in [0.2, 0.25) is 5.91 Å². The molecular weight excluding hydrogens is 316 g/mol. The number of carbonyl (C=O) groups excluding carboxylic acids is 1. The van der Waals surface area contributed by atoms with Crippen molar-refractivity contribution in [2.75, 3.05) is 19.8 Å². The molecule has 1 saturated heterocycles. The molecule has 25 heavy (non-hydrogen) atoms. The number of fused-ring (bicyclic) bond motifs is 1. The summed E-state index contributed by atoms with van der Waals surface area (Å²) in [5, 5.41) is 3.97. The predicted molar refractivity (Wildman–Crippen MR) is 97.9 cm³/mol. The van der Waals surface area contributed by atoms with E-state index in [-0.39, 0.29) is 11.8 Å². The van der Waals surface area contributed by atoms with Gasteiger partial charge < -0.3 is 14.8 Å². The maximum atomic E-state index is 12.1. The SMILES string of the molecule is C[C@@H](CNC(=O)/C=C\c1ccnc2ccccc12)CC1(C)OCCO1. The summed E-state index contributed by atoms with van der Waals surface area (Å²) in [5.74, 6) is -0.357. The first-order chi connectivity index (χ1) is 12.1. The van der Waals surface area contributed by atoms with Gasteiger partial charge in [-0.3, -0.25) is 9.78 Å². The average molecular weight is 340 g/mol. The summed E-state index contributed by atoms with van der Waals surface area (Å²) in [6.45, 7) is 5.89. The molecule has 5 nitrogen and oxygen atoms in total. The summed E-state index contributed by atoms with van der Waals surface area (Å²) < 4.78 is 11.2. The molecule has 0 radical (unpaired) electrons. The minimum Gasteiger partial charge on any atom is -0.352 e. The molecule has 3 rings (SSSR count). The van der Waals surface area contributed by atoms with Crippen LogP contribution in [-0.4, -0.2) is 36.4 Å². The van der Waals surface area contributed by atoms with Crippen molar-refractivity contribution in [2.45, 2.75) is 26.1 Å². The second-order valence-electron chi connectivity index (χ2n) is 6.64. The number of hydrogen-bond acceptors (Lipinski definition) is 4. The van der Waals surface area contributed by atoms with Gasteiger partial charge in [-0.25, -0.2) is 0 Å². The summed E-state index contributed by atoms with van der Waals surface area (Å²) in [4.78, 5) is 16.4. The number of rotatable bonds is 6. The van der Waals surface area contributed by atoms with E-state index in [0.717, 1.165) is 22.9 Å². The standard InChI is InChI=1S/C20H24N2O3/c1-15(13-20(2)24-11-12-25-20)14-22-19(23)8-7-16-9-10-21-18-6-4-3-5-17(16)18/h3-10,15H,11-14H2,1-2H3,(H,22,23)/b8-7-/t15-/m1/s1. The van der Waals surface area contributed by atoms with Crippen LogP contribution in [-0.2, 0) is 14.3 Å². The van der Waals surface area contributed by atoms with Crippen LogP contribution in [0.3, 0.4) is 0 Å². The number of nitrogens with zero attached hydrogens (tertiary/aromatic N) is 1. The van der Waals surface area contributed by atoms with Gasteiger partial charge in [-0.15, -0.1) is 0 Å². The maximum Gasteiger partial charge on any atom is 0.244 e. The number of carbonyl (C=O) groups is 1. The van der Waals surface area contributed by atoms with Crippen LogP contribution in [0.1, 0.15) is 25.8 Å². The molecule has 1 atom stereocenters. The molecule has 0 bridgehead atoms. The van der Waals surface area contributed by atoms with Crippen molar-refractivity contribution >= 4 is 22.9 Å². The highest BCUT2D eigenvalue weighted by atomic mass is 16.7.